The second kappa shape index (κ2) is 7.74. The molecule has 0 unspecified atom stereocenters. The molecule has 1 aliphatic rings. The van der Waals surface area contributed by atoms with E-state index in [-0.39, 0.29) is 5.24 Å². The molecule has 1 aromatic rings. The monoisotopic (exact) mass is 307 g/mol. The fraction of sp³-hybridized carbons (Fsp3) is 0.588. The van der Waals surface area contributed by atoms with Gasteiger partial charge in [-0.05, 0) is 61.2 Å². The van der Waals surface area contributed by atoms with E-state index in [1.165, 1.54) is 32.1 Å². The molecular formula is C17H25NO2S. The van der Waals surface area contributed by atoms with Crippen LogP contribution in [0.1, 0.15) is 49.7 Å². The lowest BCUT2D eigenvalue weighted by Crippen LogP contribution is -2.11. The van der Waals surface area contributed by atoms with Crippen LogP contribution in [0.25, 0.3) is 0 Å². The summed E-state index contributed by atoms with van der Waals surface area (Å²) >= 11 is 1.09. The van der Waals surface area contributed by atoms with Gasteiger partial charge in [-0.2, -0.15) is 0 Å². The molecule has 0 aromatic heterocycles. The molecule has 3 nitrogen and oxygen atoms in total. The normalized spacial score (nSPS) is 15.9. The van der Waals surface area contributed by atoms with Crippen molar-refractivity contribution < 1.29 is 9.53 Å². The summed E-state index contributed by atoms with van der Waals surface area (Å²) in [5, 5.41) is -0.368. The first-order chi connectivity index (χ1) is 10.1. The van der Waals surface area contributed by atoms with Crippen LogP contribution >= 0.6 is 11.8 Å². The van der Waals surface area contributed by atoms with E-state index < -0.39 is 0 Å². The van der Waals surface area contributed by atoms with Crippen LogP contribution in [0.3, 0.4) is 0 Å². The van der Waals surface area contributed by atoms with Gasteiger partial charge in [-0.3, -0.25) is 4.79 Å². The highest BCUT2D eigenvalue weighted by Crippen LogP contribution is 2.31. The van der Waals surface area contributed by atoms with Crippen molar-refractivity contribution in [3.05, 3.63) is 23.3 Å². The van der Waals surface area contributed by atoms with Crippen LogP contribution in [0, 0.1) is 19.8 Å². The smallest absolute Gasteiger partial charge is 0.281 e. The van der Waals surface area contributed by atoms with Crippen LogP contribution in [-0.4, -0.2) is 11.8 Å². The summed E-state index contributed by atoms with van der Waals surface area (Å²) in [5.74, 6) is 1.74. The summed E-state index contributed by atoms with van der Waals surface area (Å²) < 4.78 is 5.90. The van der Waals surface area contributed by atoms with Crippen molar-refractivity contribution in [1.82, 2.24) is 0 Å². The number of aryl methyl sites for hydroxylation is 2. The maximum Gasteiger partial charge on any atom is 0.281 e. The zero-order chi connectivity index (χ0) is 15.2. The van der Waals surface area contributed by atoms with Crippen molar-refractivity contribution >= 4 is 17.0 Å². The Morgan fingerprint density at radius 3 is 2.43 bits per heavy atom. The summed E-state index contributed by atoms with van der Waals surface area (Å²) in [6.07, 6.45) is 8.01. The van der Waals surface area contributed by atoms with Crippen LogP contribution < -0.4 is 10.5 Å². The third-order valence-corrected chi connectivity index (χ3v) is 5.21. The maximum absolute atomic E-state index is 11.1. The molecule has 0 aliphatic heterocycles. The minimum Gasteiger partial charge on any atom is -0.494 e. The summed E-state index contributed by atoms with van der Waals surface area (Å²) in [6, 6.07) is 4.00. The minimum atomic E-state index is -0.368. The van der Waals surface area contributed by atoms with Crippen molar-refractivity contribution in [2.24, 2.45) is 11.7 Å². The van der Waals surface area contributed by atoms with Crippen molar-refractivity contribution in [1.29, 1.82) is 0 Å². The number of amides is 1. The Balaban J connectivity index is 1.90. The second-order valence-corrected chi connectivity index (χ2v) is 6.96. The van der Waals surface area contributed by atoms with E-state index in [0.29, 0.717) is 0 Å². The van der Waals surface area contributed by atoms with Crippen LogP contribution in [0.5, 0.6) is 5.75 Å². The molecule has 116 valence electrons. The zero-order valence-electron chi connectivity index (χ0n) is 13.0. The predicted octanol–water partition coefficient (Wildman–Crippen LogP) is 4.82. The Labute approximate surface area is 131 Å². The average molecular weight is 307 g/mol. The van der Waals surface area contributed by atoms with Gasteiger partial charge in [0.2, 0.25) is 0 Å². The Kier molecular flexibility index (Phi) is 5.97. The van der Waals surface area contributed by atoms with Gasteiger partial charge in [0.15, 0.2) is 0 Å². The quantitative estimate of drug-likeness (QED) is 0.793. The van der Waals surface area contributed by atoms with Crippen molar-refractivity contribution in [2.75, 3.05) is 6.61 Å². The molecule has 21 heavy (non-hydrogen) atoms. The molecule has 1 saturated carbocycles. The van der Waals surface area contributed by atoms with Gasteiger partial charge in [-0.15, -0.1) is 0 Å². The Hall–Kier alpha value is -1.16. The van der Waals surface area contributed by atoms with E-state index in [4.69, 9.17) is 10.5 Å². The van der Waals surface area contributed by atoms with Gasteiger partial charge >= 0.3 is 0 Å². The number of hydrogen-bond donors (Lipinski definition) is 1. The Morgan fingerprint density at radius 1 is 1.24 bits per heavy atom. The number of hydrogen-bond acceptors (Lipinski definition) is 3. The van der Waals surface area contributed by atoms with Gasteiger partial charge in [-0.1, -0.05) is 32.1 Å². The van der Waals surface area contributed by atoms with Crippen LogP contribution in [0.4, 0.5) is 4.79 Å². The number of primary amides is 1. The number of ether oxygens (including phenoxy) is 1. The molecular weight excluding hydrogens is 282 g/mol. The molecule has 0 saturated heterocycles. The number of carbonyl (C=O) groups excluding carboxylic acids is 1. The highest BCUT2D eigenvalue weighted by molar-refractivity contribution is 8.13. The van der Waals surface area contributed by atoms with Gasteiger partial charge in [-0.25, -0.2) is 0 Å². The molecule has 1 fully saturated rings. The first kappa shape index (κ1) is 16.2. The summed E-state index contributed by atoms with van der Waals surface area (Å²) in [4.78, 5) is 12.0. The summed E-state index contributed by atoms with van der Waals surface area (Å²) in [6.45, 7) is 4.77. The largest absolute Gasteiger partial charge is 0.494 e. The second-order valence-electron chi connectivity index (χ2n) is 5.95. The van der Waals surface area contributed by atoms with E-state index in [2.05, 4.69) is 0 Å². The van der Waals surface area contributed by atoms with Gasteiger partial charge in [0.25, 0.3) is 5.24 Å². The van der Waals surface area contributed by atoms with E-state index in [1.54, 1.807) is 0 Å². The lowest BCUT2D eigenvalue weighted by atomic mass is 9.87. The molecule has 2 rings (SSSR count). The highest BCUT2D eigenvalue weighted by atomic mass is 32.2. The predicted molar refractivity (Wildman–Crippen MR) is 88.0 cm³/mol. The molecule has 0 heterocycles. The number of rotatable bonds is 5. The van der Waals surface area contributed by atoms with Crippen LogP contribution in [0.2, 0.25) is 0 Å². The number of benzene rings is 1. The van der Waals surface area contributed by atoms with Gasteiger partial charge in [0.05, 0.1) is 6.61 Å². The average Bonchev–Trinajstić information content (AvgIpc) is 2.44. The lowest BCUT2D eigenvalue weighted by molar-refractivity contribution is 0.246. The third kappa shape index (κ3) is 4.95. The van der Waals surface area contributed by atoms with Gasteiger partial charge < -0.3 is 10.5 Å². The molecule has 0 bridgehead atoms. The fourth-order valence-electron chi connectivity index (χ4n) is 3.07. The topological polar surface area (TPSA) is 52.3 Å². The first-order valence-electron chi connectivity index (χ1n) is 7.77. The SMILES string of the molecule is Cc1cc(OCCC2CCCCC2)cc(C)c1SC(N)=O. The Bertz CT molecular complexity index is 473. The molecule has 1 aliphatic carbocycles. The highest BCUT2D eigenvalue weighted by Gasteiger charge is 2.14. The zero-order valence-corrected chi connectivity index (χ0v) is 13.8. The number of carbonyl (C=O) groups is 1. The van der Waals surface area contributed by atoms with Crippen molar-refractivity contribution in [3.63, 3.8) is 0 Å². The van der Waals surface area contributed by atoms with E-state index in [1.807, 2.05) is 26.0 Å². The molecule has 2 N–H and O–H groups in total. The first-order valence-corrected chi connectivity index (χ1v) is 8.59. The van der Waals surface area contributed by atoms with E-state index in [9.17, 15) is 4.79 Å². The molecule has 4 heteroatoms. The molecule has 1 amide bonds. The minimum absolute atomic E-state index is 0.368. The summed E-state index contributed by atoms with van der Waals surface area (Å²) in [7, 11) is 0. The maximum atomic E-state index is 11.1. The molecule has 0 radical (unpaired) electrons. The molecule has 0 spiro atoms. The standard InChI is InChI=1S/C17H25NO2S/c1-12-10-15(11-13(2)16(12)21-17(18)19)20-9-8-14-6-4-3-5-7-14/h10-11,14H,3-9H2,1-2H3,(H2,18,19). The van der Waals surface area contributed by atoms with Crippen LogP contribution in [0.15, 0.2) is 17.0 Å². The number of nitrogens with two attached hydrogens (primary N) is 1. The van der Waals surface area contributed by atoms with Crippen LogP contribution in [-0.2, 0) is 0 Å². The summed E-state index contributed by atoms with van der Waals surface area (Å²) in [5.41, 5.74) is 7.35. The van der Waals surface area contributed by atoms with Crippen molar-refractivity contribution in [2.45, 2.75) is 57.3 Å². The fourth-order valence-corrected chi connectivity index (χ4v) is 3.72. The molecule has 1 aromatic carbocycles. The molecule has 0 atom stereocenters. The van der Waals surface area contributed by atoms with E-state index >= 15 is 0 Å². The van der Waals surface area contributed by atoms with Gasteiger partial charge in [0.1, 0.15) is 5.75 Å². The number of thioether (sulfide) groups is 1. The lowest BCUT2D eigenvalue weighted by Gasteiger charge is -2.21. The Morgan fingerprint density at radius 2 is 1.86 bits per heavy atom. The van der Waals surface area contributed by atoms with E-state index in [0.717, 1.165) is 52.5 Å². The van der Waals surface area contributed by atoms with Gasteiger partial charge in [0, 0.05) is 4.90 Å². The third-order valence-electron chi connectivity index (χ3n) is 4.16. The van der Waals surface area contributed by atoms with Crippen molar-refractivity contribution in [3.8, 4) is 5.75 Å².